The number of amides is 1. The molecule has 1 aliphatic carbocycles. The number of rotatable bonds is 7. The number of carbonyl (C=O) groups is 1. The second kappa shape index (κ2) is 10.6. The fourth-order valence-electron chi connectivity index (χ4n) is 3.28. The summed E-state index contributed by atoms with van der Waals surface area (Å²) < 4.78 is 11.0. The molecule has 2 atom stereocenters. The van der Waals surface area contributed by atoms with E-state index in [4.69, 9.17) is 27.5 Å². The molecule has 2 rings (SSSR count). The minimum Gasteiger partial charge on any atom is -0.490 e. The van der Waals surface area contributed by atoms with Crippen molar-refractivity contribution in [3.8, 4) is 29.9 Å². The Hall–Kier alpha value is -2.63. The first-order chi connectivity index (χ1) is 13.5. The van der Waals surface area contributed by atoms with E-state index in [2.05, 4.69) is 18.2 Å². The van der Waals surface area contributed by atoms with Gasteiger partial charge in [0.25, 0.3) is 5.91 Å². The smallest absolute Gasteiger partial charge is 0.262 e. The number of nitriles is 1. The Morgan fingerprint density at radius 3 is 2.79 bits per heavy atom. The van der Waals surface area contributed by atoms with Crippen LogP contribution in [-0.2, 0) is 4.79 Å². The average Bonchev–Trinajstić information content (AvgIpc) is 2.67. The summed E-state index contributed by atoms with van der Waals surface area (Å²) in [6, 6.07) is 5.37. The summed E-state index contributed by atoms with van der Waals surface area (Å²) >= 11 is 6.30. The fourth-order valence-corrected chi connectivity index (χ4v) is 3.55. The highest BCUT2D eigenvalue weighted by molar-refractivity contribution is 6.32. The van der Waals surface area contributed by atoms with Gasteiger partial charge in [-0.3, -0.25) is 4.79 Å². The Kier molecular flexibility index (Phi) is 8.23. The molecule has 0 aliphatic heterocycles. The van der Waals surface area contributed by atoms with E-state index in [1.807, 2.05) is 13.0 Å². The van der Waals surface area contributed by atoms with Crippen LogP contribution in [0.4, 0.5) is 0 Å². The maximum atomic E-state index is 12.6. The van der Waals surface area contributed by atoms with Gasteiger partial charge >= 0.3 is 0 Å². The third-order valence-corrected chi connectivity index (χ3v) is 5.02. The highest BCUT2D eigenvalue weighted by Crippen LogP contribution is 2.37. The molecule has 1 aliphatic rings. The molecule has 0 unspecified atom stereocenters. The third-order valence-electron chi connectivity index (χ3n) is 4.74. The number of nitrogens with one attached hydrogen (secondary N) is 1. The van der Waals surface area contributed by atoms with Crippen molar-refractivity contribution in [3.05, 3.63) is 28.3 Å². The van der Waals surface area contributed by atoms with Gasteiger partial charge in [0.05, 0.1) is 11.6 Å². The number of hydrogen-bond acceptors (Lipinski definition) is 4. The Labute approximate surface area is 171 Å². The summed E-state index contributed by atoms with van der Waals surface area (Å²) in [7, 11) is 0. The normalized spacial score (nSPS) is 19.2. The van der Waals surface area contributed by atoms with Crippen LogP contribution in [-0.4, -0.2) is 25.2 Å². The van der Waals surface area contributed by atoms with Crippen LogP contribution in [0.3, 0.4) is 0 Å². The topological polar surface area (TPSA) is 71.3 Å². The molecule has 0 radical (unpaired) electrons. The molecule has 1 aromatic carbocycles. The van der Waals surface area contributed by atoms with Crippen molar-refractivity contribution in [2.75, 3.05) is 13.2 Å². The molecule has 1 saturated carbocycles. The van der Waals surface area contributed by atoms with Crippen LogP contribution < -0.4 is 14.8 Å². The standard InChI is InChI=1S/C22H25ClN2O3/c1-4-10-28-21-18(23)12-16(13-20(21)27-5-2)11-17(14-24)22(26)25-19-9-7-6-8-15(19)3/h1,11-13,15,19H,5-10H2,2-3H3,(H,25,26)/b17-11+/t15-,19+/m0/s1. The predicted molar refractivity (Wildman–Crippen MR) is 110 cm³/mol. The van der Waals surface area contributed by atoms with Crippen molar-refractivity contribution in [2.24, 2.45) is 5.92 Å². The molecule has 0 spiro atoms. The van der Waals surface area contributed by atoms with E-state index in [1.165, 1.54) is 12.5 Å². The minimum atomic E-state index is -0.372. The van der Waals surface area contributed by atoms with E-state index in [-0.39, 0.29) is 24.1 Å². The molecule has 1 N–H and O–H groups in total. The summed E-state index contributed by atoms with van der Waals surface area (Å²) in [6.45, 7) is 4.42. The second-order valence-corrected chi connectivity index (χ2v) is 7.17. The highest BCUT2D eigenvalue weighted by atomic mass is 35.5. The molecule has 0 bridgehead atoms. The van der Waals surface area contributed by atoms with Crippen LogP contribution in [0.1, 0.15) is 45.1 Å². The summed E-state index contributed by atoms with van der Waals surface area (Å²) in [6.07, 6.45) is 11.0. The van der Waals surface area contributed by atoms with E-state index in [0.29, 0.717) is 34.6 Å². The molecule has 1 aromatic rings. The molecular formula is C22H25ClN2O3. The zero-order valence-electron chi connectivity index (χ0n) is 16.3. The van der Waals surface area contributed by atoms with Crippen molar-refractivity contribution in [1.82, 2.24) is 5.32 Å². The fraction of sp³-hybridized carbons (Fsp3) is 0.455. The Morgan fingerprint density at radius 2 is 2.14 bits per heavy atom. The number of halogens is 1. The number of hydrogen-bond donors (Lipinski definition) is 1. The maximum Gasteiger partial charge on any atom is 0.262 e. The summed E-state index contributed by atoms with van der Waals surface area (Å²) in [5.74, 6) is 3.17. The van der Waals surface area contributed by atoms with Gasteiger partial charge in [-0.25, -0.2) is 0 Å². The number of terminal acetylenes is 1. The van der Waals surface area contributed by atoms with Gasteiger partial charge in [0.2, 0.25) is 0 Å². The third kappa shape index (κ3) is 5.68. The van der Waals surface area contributed by atoms with E-state index >= 15 is 0 Å². The molecule has 5 nitrogen and oxygen atoms in total. The lowest BCUT2D eigenvalue weighted by molar-refractivity contribution is -0.118. The van der Waals surface area contributed by atoms with Gasteiger partial charge in [0.15, 0.2) is 11.5 Å². The van der Waals surface area contributed by atoms with Gasteiger partial charge in [-0.2, -0.15) is 5.26 Å². The van der Waals surface area contributed by atoms with E-state index in [0.717, 1.165) is 19.3 Å². The molecule has 1 amide bonds. The Balaban J connectivity index is 2.26. The minimum absolute atomic E-state index is 0.0218. The van der Waals surface area contributed by atoms with E-state index < -0.39 is 0 Å². The van der Waals surface area contributed by atoms with Gasteiger partial charge < -0.3 is 14.8 Å². The molecule has 6 heteroatoms. The maximum absolute atomic E-state index is 12.6. The molecule has 148 valence electrons. The van der Waals surface area contributed by atoms with Gasteiger partial charge in [-0.05, 0) is 49.5 Å². The highest BCUT2D eigenvalue weighted by Gasteiger charge is 2.24. The van der Waals surface area contributed by atoms with E-state index in [9.17, 15) is 10.1 Å². The van der Waals surface area contributed by atoms with Gasteiger partial charge in [-0.15, -0.1) is 6.42 Å². The predicted octanol–water partition coefficient (Wildman–Crippen LogP) is 4.35. The van der Waals surface area contributed by atoms with Crippen LogP contribution in [0, 0.1) is 29.6 Å². The second-order valence-electron chi connectivity index (χ2n) is 6.77. The summed E-state index contributed by atoms with van der Waals surface area (Å²) in [5, 5.41) is 12.8. The van der Waals surface area contributed by atoms with Gasteiger partial charge in [0, 0.05) is 6.04 Å². The largest absolute Gasteiger partial charge is 0.490 e. The molecule has 0 saturated heterocycles. The quantitative estimate of drug-likeness (QED) is 0.419. The number of nitrogens with zero attached hydrogens (tertiary/aromatic N) is 1. The first kappa shape index (κ1) is 21.7. The van der Waals surface area contributed by atoms with Crippen LogP contribution in [0.5, 0.6) is 11.5 Å². The van der Waals surface area contributed by atoms with Gasteiger partial charge in [0.1, 0.15) is 18.2 Å². The molecule has 0 aromatic heterocycles. The molecular weight excluding hydrogens is 376 g/mol. The van der Waals surface area contributed by atoms with Crippen molar-refractivity contribution in [3.63, 3.8) is 0 Å². The van der Waals surface area contributed by atoms with Crippen molar-refractivity contribution in [1.29, 1.82) is 5.26 Å². The summed E-state index contributed by atoms with van der Waals surface area (Å²) in [5.41, 5.74) is 0.596. The Morgan fingerprint density at radius 1 is 1.39 bits per heavy atom. The average molecular weight is 401 g/mol. The van der Waals surface area contributed by atoms with Crippen LogP contribution >= 0.6 is 11.6 Å². The van der Waals surface area contributed by atoms with Gasteiger partial charge in [-0.1, -0.05) is 37.3 Å². The summed E-state index contributed by atoms with van der Waals surface area (Å²) in [4.78, 5) is 12.6. The Bertz CT molecular complexity index is 820. The zero-order chi connectivity index (χ0) is 20.5. The molecule has 1 fully saturated rings. The first-order valence-electron chi connectivity index (χ1n) is 9.45. The van der Waals surface area contributed by atoms with E-state index in [1.54, 1.807) is 12.1 Å². The van der Waals surface area contributed by atoms with Crippen LogP contribution in [0.15, 0.2) is 17.7 Å². The molecule has 28 heavy (non-hydrogen) atoms. The first-order valence-corrected chi connectivity index (χ1v) is 9.83. The number of carbonyl (C=O) groups excluding carboxylic acids is 1. The molecule has 0 heterocycles. The van der Waals surface area contributed by atoms with Crippen molar-refractivity contribution >= 4 is 23.6 Å². The lowest BCUT2D eigenvalue weighted by Crippen LogP contribution is -2.41. The van der Waals surface area contributed by atoms with Crippen LogP contribution in [0.25, 0.3) is 6.08 Å². The SMILES string of the molecule is C#CCOc1c(Cl)cc(/C=C(\C#N)C(=O)N[C@@H]2CCCC[C@@H]2C)cc1OCC. The lowest BCUT2D eigenvalue weighted by atomic mass is 9.86. The number of ether oxygens (including phenoxy) is 2. The monoisotopic (exact) mass is 400 g/mol. The number of benzene rings is 1. The van der Waals surface area contributed by atoms with Crippen LogP contribution in [0.2, 0.25) is 5.02 Å². The zero-order valence-corrected chi connectivity index (χ0v) is 17.0. The van der Waals surface area contributed by atoms with Crippen molar-refractivity contribution in [2.45, 2.75) is 45.6 Å². The lowest BCUT2D eigenvalue weighted by Gasteiger charge is -2.29. The van der Waals surface area contributed by atoms with Crippen molar-refractivity contribution < 1.29 is 14.3 Å².